The smallest absolute Gasteiger partial charge is 0.314 e. The number of rotatable bonds is 4. The zero-order valence-corrected chi connectivity index (χ0v) is 10.8. The summed E-state index contributed by atoms with van der Waals surface area (Å²) in [6.07, 6.45) is 1.28. The first-order valence-corrected chi connectivity index (χ1v) is 5.86. The van der Waals surface area contributed by atoms with Crippen molar-refractivity contribution in [1.82, 2.24) is 4.98 Å². The predicted molar refractivity (Wildman–Crippen MR) is 65.1 cm³/mol. The maximum Gasteiger partial charge on any atom is 0.314 e. The molecule has 98 valence electrons. The number of carboxylic acids is 1. The van der Waals surface area contributed by atoms with Crippen molar-refractivity contribution < 1.29 is 19.4 Å². The molecular formula is C13H17NO4. The van der Waals surface area contributed by atoms with E-state index < -0.39 is 11.4 Å². The molecule has 1 heterocycles. The summed E-state index contributed by atoms with van der Waals surface area (Å²) < 4.78 is 10.2. The van der Waals surface area contributed by atoms with Gasteiger partial charge in [-0.05, 0) is 24.3 Å². The molecule has 0 bridgehead atoms. The molecule has 5 heteroatoms. The number of carbonyl (C=O) groups is 1. The van der Waals surface area contributed by atoms with Gasteiger partial charge < -0.3 is 14.6 Å². The van der Waals surface area contributed by atoms with Gasteiger partial charge in [-0.2, -0.15) is 4.98 Å². The molecular weight excluding hydrogens is 234 g/mol. The number of hydrogen-bond acceptors (Lipinski definition) is 4. The highest BCUT2D eigenvalue weighted by Crippen LogP contribution is 2.48. The Kier molecular flexibility index (Phi) is 3.15. The first kappa shape index (κ1) is 12.7. The summed E-state index contributed by atoms with van der Waals surface area (Å²) in [5.74, 6) is 0.385. The summed E-state index contributed by atoms with van der Waals surface area (Å²) in [7, 11) is 3.00. The lowest BCUT2D eigenvalue weighted by molar-refractivity contribution is -0.149. The molecule has 1 aliphatic carbocycles. The Labute approximate surface area is 106 Å². The number of hydrogen-bond donors (Lipinski definition) is 1. The van der Waals surface area contributed by atoms with Crippen LogP contribution in [0.15, 0.2) is 12.1 Å². The van der Waals surface area contributed by atoms with E-state index in [0.29, 0.717) is 36.1 Å². The lowest BCUT2D eigenvalue weighted by Crippen LogP contribution is -2.47. The van der Waals surface area contributed by atoms with Gasteiger partial charge >= 0.3 is 5.97 Å². The van der Waals surface area contributed by atoms with Crippen LogP contribution in [-0.2, 0) is 10.2 Å². The van der Waals surface area contributed by atoms with Gasteiger partial charge in [0, 0.05) is 12.1 Å². The van der Waals surface area contributed by atoms with Crippen LogP contribution in [0, 0.1) is 5.92 Å². The van der Waals surface area contributed by atoms with E-state index in [1.54, 1.807) is 12.1 Å². The van der Waals surface area contributed by atoms with E-state index in [1.165, 1.54) is 14.2 Å². The number of carboxylic acid groups (broad SMARTS) is 1. The molecule has 0 spiro atoms. The Morgan fingerprint density at radius 3 is 2.17 bits per heavy atom. The summed E-state index contributed by atoms with van der Waals surface area (Å²) in [6, 6.07) is 3.37. The molecule has 1 aromatic heterocycles. The van der Waals surface area contributed by atoms with E-state index >= 15 is 0 Å². The van der Waals surface area contributed by atoms with Crippen LogP contribution in [0.2, 0.25) is 0 Å². The number of aromatic nitrogens is 1. The second-order valence-corrected chi connectivity index (χ2v) is 4.84. The molecule has 1 aromatic rings. The van der Waals surface area contributed by atoms with E-state index in [0.717, 1.165) is 0 Å². The summed E-state index contributed by atoms with van der Waals surface area (Å²) in [5, 5.41) is 9.48. The van der Waals surface area contributed by atoms with Crippen LogP contribution in [0.3, 0.4) is 0 Å². The molecule has 0 aromatic carbocycles. The number of nitrogens with zero attached hydrogens (tertiary/aromatic N) is 1. The Balaban J connectivity index is 2.45. The third-order valence-corrected chi connectivity index (χ3v) is 3.55. The maximum absolute atomic E-state index is 11.5. The molecule has 1 fully saturated rings. The Bertz CT molecular complexity index is 444. The third kappa shape index (κ3) is 1.89. The molecule has 0 atom stereocenters. The fraction of sp³-hybridized carbons (Fsp3) is 0.538. The van der Waals surface area contributed by atoms with E-state index in [-0.39, 0.29) is 0 Å². The minimum Gasteiger partial charge on any atom is -0.481 e. The van der Waals surface area contributed by atoms with E-state index in [4.69, 9.17) is 9.47 Å². The van der Waals surface area contributed by atoms with Crippen LogP contribution in [0.5, 0.6) is 11.8 Å². The van der Waals surface area contributed by atoms with Crippen molar-refractivity contribution >= 4 is 5.97 Å². The quantitative estimate of drug-likeness (QED) is 0.884. The molecule has 1 N–H and O–H groups in total. The van der Waals surface area contributed by atoms with Crippen molar-refractivity contribution in [3.63, 3.8) is 0 Å². The molecule has 1 aliphatic rings. The highest BCUT2D eigenvalue weighted by molar-refractivity contribution is 5.83. The van der Waals surface area contributed by atoms with Gasteiger partial charge in [0.1, 0.15) is 0 Å². The molecule has 18 heavy (non-hydrogen) atoms. The van der Waals surface area contributed by atoms with E-state index in [1.807, 2.05) is 0 Å². The molecule has 0 aliphatic heterocycles. The predicted octanol–water partition coefficient (Wildman–Crippen LogP) is 1.85. The SMILES string of the molecule is COc1cc(C2(C(=O)O)CC(C)C2)cc(OC)n1. The molecule has 0 radical (unpaired) electrons. The van der Waals surface area contributed by atoms with Crippen LogP contribution in [-0.4, -0.2) is 30.3 Å². The minimum atomic E-state index is -0.817. The van der Waals surface area contributed by atoms with Crippen LogP contribution in [0.4, 0.5) is 0 Å². The Morgan fingerprint density at radius 1 is 1.33 bits per heavy atom. The van der Waals surface area contributed by atoms with Crippen LogP contribution in [0.25, 0.3) is 0 Å². The Hall–Kier alpha value is -1.78. The normalized spacial score (nSPS) is 26.3. The Morgan fingerprint density at radius 2 is 1.83 bits per heavy atom. The summed E-state index contributed by atoms with van der Waals surface area (Å²) >= 11 is 0. The standard InChI is InChI=1S/C13H17NO4/c1-8-6-13(7-8,12(15)16)9-4-10(17-2)14-11(5-9)18-3/h4-5,8H,6-7H2,1-3H3,(H,15,16). The lowest BCUT2D eigenvalue weighted by Gasteiger charge is -2.43. The summed E-state index contributed by atoms with van der Waals surface area (Å²) in [4.78, 5) is 15.6. The highest BCUT2D eigenvalue weighted by atomic mass is 16.5. The van der Waals surface area contributed by atoms with Crippen LogP contribution >= 0.6 is 0 Å². The van der Waals surface area contributed by atoms with Gasteiger partial charge in [-0.25, -0.2) is 0 Å². The number of methoxy groups -OCH3 is 2. The van der Waals surface area contributed by atoms with E-state index in [2.05, 4.69) is 11.9 Å². The fourth-order valence-electron chi connectivity index (χ4n) is 2.63. The van der Waals surface area contributed by atoms with Gasteiger partial charge in [-0.15, -0.1) is 0 Å². The molecule has 1 saturated carbocycles. The van der Waals surface area contributed by atoms with Crippen molar-refractivity contribution in [3.05, 3.63) is 17.7 Å². The molecule has 0 unspecified atom stereocenters. The van der Waals surface area contributed by atoms with Crippen molar-refractivity contribution in [3.8, 4) is 11.8 Å². The molecule has 2 rings (SSSR count). The second kappa shape index (κ2) is 4.48. The van der Waals surface area contributed by atoms with Crippen molar-refractivity contribution in [2.75, 3.05) is 14.2 Å². The van der Waals surface area contributed by atoms with Crippen molar-refractivity contribution in [2.24, 2.45) is 5.92 Å². The van der Waals surface area contributed by atoms with Gasteiger partial charge in [0.05, 0.1) is 19.6 Å². The lowest BCUT2D eigenvalue weighted by atomic mass is 9.59. The van der Waals surface area contributed by atoms with Gasteiger partial charge in [-0.1, -0.05) is 6.92 Å². The average Bonchev–Trinajstić information content (AvgIpc) is 2.33. The van der Waals surface area contributed by atoms with Crippen LogP contribution in [0.1, 0.15) is 25.3 Å². The number of ether oxygens (including phenoxy) is 2. The minimum absolute atomic E-state index is 0.379. The monoisotopic (exact) mass is 251 g/mol. The zero-order valence-electron chi connectivity index (χ0n) is 10.8. The topological polar surface area (TPSA) is 68.7 Å². The molecule has 0 saturated heterocycles. The van der Waals surface area contributed by atoms with Gasteiger partial charge in [-0.3, -0.25) is 4.79 Å². The van der Waals surface area contributed by atoms with Gasteiger partial charge in [0.25, 0.3) is 0 Å². The first-order valence-electron chi connectivity index (χ1n) is 5.86. The van der Waals surface area contributed by atoms with Gasteiger partial charge in [0.2, 0.25) is 11.8 Å². The first-order chi connectivity index (χ1) is 8.51. The molecule has 5 nitrogen and oxygen atoms in total. The largest absolute Gasteiger partial charge is 0.481 e. The molecule has 0 amide bonds. The van der Waals surface area contributed by atoms with Gasteiger partial charge in [0.15, 0.2) is 0 Å². The highest BCUT2D eigenvalue weighted by Gasteiger charge is 2.50. The second-order valence-electron chi connectivity index (χ2n) is 4.84. The fourth-order valence-corrected chi connectivity index (χ4v) is 2.63. The summed E-state index contributed by atoms with van der Waals surface area (Å²) in [5.41, 5.74) is -0.111. The maximum atomic E-state index is 11.5. The van der Waals surface area contributed by atoms with Crippen LogP contribution < -0.4 is 9.47 Å². The van der Waals surface area contributed by atoms with Crippen molar-refractivity contribution in [1.29, 1.82) is 0 Å². The number of aliphatic carboxylic acids is 1. The van der Waals surface area contributed by atoms with Crippen molar-refractivity contribution in [2.45, 2.75) is 25.2 Å². The third-order valence-electron chi connectivity index (χ3n) is 3.55. The van der Waals surface area contributed by atoms with E-state index in [9.17, 15) is 9.90 Å². The number of pyridine rings is 1. The average molecular weight is 251 g/mol. The summed E-state index contributed by atoms with van der Waals surface area (Å²) in [6.45, 7) is 2.05. The zero-order chi connectivity index (χ0) is 13.3.